The number of benzene rings is 1. The molecule has 0 radical (unpaired) electrons. The van der Waals surface area contributed by atoms with E-state index in [0.29, 0.717) is 11.5 Å². The Kier molecular flexibility index (Phi) is 7.87. The molecule has 6 nitrogen and oxygen atoms in total. The maximum atomic E-state index is 12.6. The second-order valence-electron chi connectivity index (χ2n) is 6.69. The van der Waals surface area contributed by atoms with E-state index >= 15 is 0 Å². The quantitative estimate of drug-likeness (QED) is 0.805. The predicted octanol–water partition coefficient (Wildman–Crippen LogP) is 1.87. The number of hydrogen-bond donors (Lipinski definition) is 2. The summed E-state index contributed by atoms with van der Waals surface area (Å²) in [4.78, 5) is 12.6. The van der Waals surface area contributed by atoms with Crippen LogP contribution >= 0.6 is 12.4 Å². The fourth-order valence-electron chi connectivity index (χ4n) is 2.72. The van der Waals surface area contributed by atoms with Crippen LogP contribution in [0.3, 0.4) is 0 Å². The van der Waals surface area contributed by atoms with E-state index in [2.05, 4.69) is 17.6 Å². The van der Waals surface area contributed by atoms with Crippen molar-refractivity contribution in [1.82, 2.24) is 14.9 Å². The van der Waals surface area contributed by atoms with E-state index in [1.165, 1.54) is 16.4 Å². The van der Waals surface area contributed by atoms with E-state index in [9.17, 15) is 13.2 Å². The second kappa shape index (κ2) is 8.98. The van der Waals surface area contributed by atoms with Crippen molar-refractivity contribution in [3.63, 3.8) is 0 Å². The van der Waals surface area contributed by atoms with Gasteiger partial charge in [-0.1, -0.05) is 13.0 Å². The number of nitrogens with zero attached hydrogens (tertiary/aromatic N) is 1. The highest BCUT2D eigenvalue weighted by molar-refractivity contribution is 7.89. The highest BCUT2D eigenvalue weighted by Crippen LogP contribution is 2.18. The molecule has 142 valence electrons. The zero-order valence-corrected chi connectivity index (χ0v) is 16.8. The molecule has 2 unspecified atom stereocenters. The Balaban J connectivity index is 0.00000312. The molecule has 1 aromatic rings. The fraction of sp³-hybridized carbons (Fsp3) is 0.588. The van der Waals surface area contributed by atoms with Gasteiger partial charge in [0.25, 0.3) is 5.91 Å². The maximum absolute atomic E-state index is 12.6. The average Bonchev–Trinajstić information content (AvgIpc) is 2.56. The van der Waals surface area contributed by atoms with Crippen LogP contribution in [0.1, 0.15) is 37.6 Å². The van der Waals surface area contributed by atoms with Crippen molar-refractivity contribution in [2.45, 2.75) is 44.2 Å². The molecule has 1 fully saturated rings. The zero-order chi connectivity index (χ0) is 17.9. The second-order valence-corrected chi connectivity index (χ2v) is 8.69. The molecule has 2 atom stereocenters. The predicted molar refractivity (Wildman–Crippen MR) is 102 cm³/mol. The highest BCUT2D eigenvalue weighted by atomic mass is 35.5. The SMILES string of the molecule is CC1CNCCC1NC(=O)c1cccc(S(=O)(=O)N(C)C(C)C)c1.Cl. The Morgan fingerprint density at radius 3 is 2.64 bits per heavy atom. The first-order valence-electron chi connectivity index (χ1n) is 8.33. The minimum atomic E-state index is -3.59. The van der Waals surface area contributed by atoms with Gasteiger partial charge in [-0.2, -0.15) is 4.31 Å². The van der Waals surface area contributed by atoms with E-state index in [1.54, 1.807) is 19.2 Å². The molecule has 0 aromatic heterocycles. The van der Waals surface area contributed by atoms with Crippen molar-refractivity contribution in [2.24, 2.45) is 5.92 Å². The van der Waals surface area contributed by atoms with Crippen molar-refractivity contribution in [1.29, 1.82) is 0 Å². The number of halogens is 1. The molecule has 0 bridgehead atoms. The van der Waals surface area contributed by atoms with Crippen LogP contribution in [0.4, 0.5) is 0 Å². The van der Waals surface area contributed by atoms with Crippen LogP contribution in [0.2, 0.25) is 0 Å². The normalized spacial score (nSPS) is 21.0. The molecule has 1 aromatic carbocycles. The van der Waals surface area contributed by atoms with Crippen LogP contribution in [-0.2, 0) is 10.0 Å². The summed E-state index contributed by atoms with van der Waals surface area (Å²) in [5.74, 6) is 0.125. The molecule has 8 heteroatoms. The molecule has 2 rings (SSSR count). The van der Waals surface area contributed by atoms with Crippen molar-refractivity contribution in [2.75, 3.05) is 20.1 Å². The summed E-state index contributed by atoms with van der Waals surface area (Å²) < 4.78 is 26.5. The fourth-order valence-corrected chi connectivity index (χ4v) is 4.14. The largest absolute Gasteiger partial charge is 0.349 e. The summed E-state index contributed by atoms with van der Waals surface area (Å²) in [5, 5.41) is 6.32. The molecule has 1 aliphatic rings. The van der Waals surface area contributed by atoms with Crippen molar-refractivity contribution < 1.29 is 13.2 Å². The summed E-state index contributed by atoms with van der Waals surface area (Å²) >= 11 is 0. The van der Waals surface area contributed by atoms with Crippen LogP contribution in [0.15, 0.2) is 29.2 Å². The summed E-state index contributed by atoms with van der Waals surface area (Å²) in [5.41, 5.74) is 0.374. The Bertz CT molecular complexity index is 694. The summed E-state index contributed by atoms with van der Waals surface area (Å²) in [6, 6.07) is 6.20. The van der Waals surface area contributed by atoms with Gasteiger partial charge in [0.2, 0.25) is 10.0 Å². The Morgan fingerprint density at radius 2 is 2.04 bits per heavy atom. The number of sulfonamides is 1. The molecule has 0 spiro atoms. The Morgan fingerprint density at radius 1 is 1.36 bits per heavy atom. The van der Waals surface area contributed by atoms with E-state index in [4.69, 9.17) is 0 Å². The Labute approximate surface area is 156 Å². The molecule has 1 saturated heterocycles. The number of amides is 1. The molecule has 1 aliphatic heterocycles. The van der Waals surface area contributed by atoms with Crippen molar-refractivity contribution in [3.05, 3.63) is 29.8 Å². The van der Waals surface area contributed by atoms with Gasteiger partial charge in [0, 0.05) is 24.7 Å². The van der Waals surface area contributed by atoms with Crippen LogP contribution in [-0.4, -0.2) is 50.9 Å². The van der Waals surface area contributed by atoms with Gasteiger partial charge in [-0.05, 0) is 57.5 Å². The molecule has 25 heavy (non-hydrogen) atoms. The van der Waals surface area contributed by atoms with Crippen LogP contribution in [0.25, 0.3) is 0 Å². The van der Waals surface area contributed by atoms with Gasteiger partial charge in [0.15, 0.2) is 0 Å². The lowest BCUT2D eigenvalue weighted by Crippen LogP contribution is -2.48. The first kappa shape index (κ1) is 21.9. The average molecular weight is 390 g/mol. The molecule has 1 amide bonds. The van der Waals surface area contributed by atoms with Crippen molar-refractivity contribution in [3.8, 4) is 0 Å². The van der Waals surface area contributed by atoms with Crippen molar-refractivity contribution >= 4 is 28.3 Å². The van der Waals surface area contributed by atoms with Gasteiger partial charge in [-0.25, -0.2) is 8.42 Å². The number of rotatable bonds is 5. The smallest absolute Gasteiger partial charge is 0.251 e. The summed E-state index contributed by atoms with van der Waals surface area (Å²) in [6.07, 6.45) is 0.876. The van der Waals surface area contributed by atoms with E-state index < -0.39 is 10.0 Å². The van der Waals surface area contributed by atoms with Gasteiger partial charge >= 0.3 is 0 Å². The summed E-state index contributed by atoms with van der Waals surface area (Å²) in [6.45, 7) is 7.47. The maximum Gasteiger partial charge on any atom is 0.251 e. The highest BCUT2D eigenvalue weighted by Gasteiger charge is 2.26. The van der Waals surface area contributed by atoms with Gasteiger partial charge in [0.1, 0.15) is 0 Å². The topological polar surface area (TPSA) is 78.5 Å². The minimum Gasteiger partial charge on any atom is -0.349 e. The third-order valence-corrected chi connectivity index (χ3v) is 6.63. The Hall–Kier alpha value is -1.15. The van der Waals surface area contributed by atoms with Gasteiger partial charge in [-0.3, -0.25) is 4.79 Å². The number of carbonyl (C=O) groups excluding carboxylic acids is 1. The standard InChI is InChI=1S/C17H27N3O3S.ClH/c1-12(2)20(4)24(22,23)15-7-5-6-14(10-15)17(21)19-16-8-9-18-11-13(16)3;/h5-7,10,12-13,16,18H,8-9,11H2,1-4H3,(H,19,21);1H. The van der Waals surface area contributed by atoms with E-state index in [1.807, 2.05) is 13.8 Å². The van der Waals surface area contributed by atoms with E-state index in [-0.39, 0.29) is 35.3 Å². The van der Waals surface area contributed by atoms with Crippen LogP contribution in [0, 0.1) is 5.92 Å². The monoisotopic (exact) mass is 389 g/mol. The lowest BCUT2D eigenvalue weighted by molar-refractivity contribution is 0.0914. The molecule has 1 heterocycles. The number of hydrogen-bond acceptors (Lipinski definition) is 4. The first-order chi connectivity index (χ1) is 11.2. The molecule has 2 N–H and O–H groups in total. The van der Waals surface area contributed by atoms with Crippen LogP contribution < -0.4 is 10.6 Å². The third kappa shape index (κ3) is 5.17. The summed E-state index contributed by atoms with van der Waals surface area (Å²) in [7, 11) is -2.05. The minimum absolute atomic E-state index is 0. The molecule has 0 aliphatic carbocycles. The lowest BCUT2D eigenvalue weighted by atomic mass is 9.95. The first-order valence-corrected chi connectivity index (χ1v) is 9.77. The van der Waals surface area contributed by atoms with Gasteiger partial charge in [-0.15, -0.1) is 12.4 Å². The molecule has 0 saturated carbocycles. The lowest BCUT2D eigenvalue weighted by Gasteiger charge is -2.30. The third-order valence-electron chi connectivity index (χ3n) is 4.60. The number of nitrogens with one attached hydrogen (secondary N) is 2. The van der Waals surface area contributed by atoms with Gasteiger partial charge in [0.05, 0.1) is 4.90 Å². The molecular formula is C17H28ClN3O3S. The van der Waals surface area contributed by atoms with Crippen LogP contribution in [0.5, 0.6) is 0 Å². The van der Waals surface area contributed by atoms with Gasteiger partial charge < -0.3 is 10.6 Å². The zero-order valence-electron chi connectivity index (χ0n) is 15.2. The van der Waals surface area contributed by atoms with E-state index in [0.717, 1.165) is 19.5 Å². The number of piperidine rings is 1. The molecular weight excluding hydrogens is 362 g/mol. The number of carbonyl (C=O) groups is 1.